The first-order chi connectivity index (χ1) is 43.4. The van der Waals surface area contributed by atoms with Gasteiger partial charge in [-0.15, -0.1) is 0 Å². The van der Waals surface area contributed by atoms with E-state index in [-0.39, 0.29) is 50.4 Å². The predicted octanol–water partition coefficient (Wildman–Crippen LogP) is 3.13. The Kier molecular flexibility index (Phi) is 28.2. The zero-order chi connectivity index (χ0) is 68.3. The van der Waals surface area contributed by atoms with Crippen LogP contribution in [0, 0.1) is 23.7 Å². The van der Waals surface area contributed by atoms with Gasteiger partial charge in [0.15, 0.2) is 11.6 Å². The summed E-state index contributed by atoms with van der Waals surface area (Å²) in [6.45, 7) is 13.1. The summed E-state index contributed by atoms with van der Waals surface area (Å²) in [4.78, 5) is 182. The number of likely N-dealkylation sites (tertiary alicyclic amines) is 1. The van der Waals surface area contributed by atoms with Gasteiger partial charge >= 0.3 is 0 Å². The van der Waals surface area contributed by atoms with E-state index in [1.165, 1.54) is 70.7 Å². The highest BCUT2D eigenvalue weighted by Gasteiger charge is 2.43. The molecule has 0 aliphatic carbocycles. The van der Waals surface area contributed by atoms with E-state index in [0.717, 1.165) is 29.1 Å². The molecule has 92 heavy (non-hydrogen) atoms. The molecular formula is C69H98N10O13. The topological polar surface area (TPSA) is 293 Å². The van der Waals surface area contributed by atoms with Crippen molar-refractivity contribution in [2.75, 3.05) is 54.9 Å². The lowest BCUT2D eigenvalue weighted by Gasteiger charge is -2.37. The number of piperidine rings is 1. The van der Waals surface area contributed by atoms with E-state index in [4.69, 9.17) is 0 Å². The lowest BCUT2D eigenvalue weighted by atomic mass is 9.85. The number of rotatable bonds is 16. The number of aliphatic hydroxyl groups is 1. The standard InChI is InChI=1S/C69H98N10O13/c1-42(2)34-55-63(86)70-41-60(84)72-52(67(90)76(11)53(36-48-26-18-14-19-27-48)57(81)35-44(5)64(87)79-32-24-17-25-33-79)40-59(83)71-45(6)62(85)73-61(47(8)80)69(92)74(9)46(7)65(88)75(10)54(37-49-28-20-15-21-29-49)58(82)39-51(43(3)4)66(89)78(13)56(68(91)77(55)12)38-50-30-22-16-23-31-50/h14-16,18-23,26-31,42-47,51-56,61,80H,17,24-25,32-41H2,1-13H3,(H,70,86)(H,71,83)(H,72,84)(H,73,85)/t44-,45-,46+,47-,51+,52+,53+,54+,55+,56+,61+/m1/s1. The van der Waals surface area contributed by atoms with Crippen molar-refractivity contribution < 1.29 is 62.6 Å². The molecule has 0 radical (unpaired) electrons. The molecule has 3 aromatic rings. The average Bonchev–Trinajstić information content (AvgIpc) is 0.862. The zero-order valence-electron chi connectivity index (χ0n) is 55.9. The quantitative estimate of drug-likeness (QED) is 0.138. The lowest BCUT2D eigenvalue weighted by molar-refractivity contribution is -0.151. The fraction of sp³-hybridized carbons (Fsp3) is 0.565. The highest BCUT2D eigenvalue weighted by Crippen LogP contribution is 2.26. The smallest absolute Gasteiger partial charge is 0.248 e. The number of amides is 10. The van der Waals surface area contributed by atoms with Crippen LogP contribution in [0.1, 0.15) is 117 Å². The van der Waals surface area contributed by atoms with Crippen molar-refractivity contribution in [2.45, 2.75) is 174 Å². The first-order valence-electron chi connectivity index (χ1n) is 32.1. The van der Waals surface area contributed by atoms with Crippen LogP contribution in [0.4, 0.5) is 0 Å². The number of ketones is 2. The summed E-state index contributed by atoms with van der Waals surface area (Å²) in [5, 5.41) is 21.2. The minimum Gasteiger partial charge on any atom is -0.391 e. The molecule has 23 nitrogen and oxygen atoms in total. The number of carbonyl (C=O) groups excluding carboxylic acids is 12. The van der Waals surface area contributed by atoms with E-state index in [2.05, 4.69) is 21.3 Å². The minimum atomic E-state index is -1.76. The molecule has 0 unspecified atom stereocenters. The molecule has 3 aromatic carbocycles. The number of hydrogen-bond acceptors (Lipinski definition) is 13. The Balaban J connectivity index is 1.59. The summed E-state index contributed by atoms with van der Waals surface area (Å²) < 4.78 is 0. The Bertz CT molecular complexity index is 3050. The number of hydrogen-bond donors (Lipinski definition) is 5. The number of likely N-dealkylation sites (N-methyl/N-ethyl adjacent to an activating group) is 5. The number of benzene rings is 3. The number of nitrogens with one attached hydrogen (secondary N) is 4. The van der Waals surface area contributed by atoms with Gasteiger partial charge in [-0.2, -0.15) is 0 Å². The number of aliphatic hydroxyl groups excluding tert-OH is 1. The molecule has 2 aliphatic heterocycles. The molecule has 11 atom stereocenters. The molecule has 0 saturated carbocycles. The van der Waals surface area contributed by atoms with Crippen LogP contribution in [-0.4, -0.2) is 214 Å². The summed E-state index contributed by atoms with van der Waals surface area (Å²) in [5.41, 5.74) is 2.03. The van der Waals surface area contributed by atoms with Crippen LogP contribution >= 0.6 is 0 Å². The van der Waals surface area contributed by atoms with Crippen molar-refractivity contribution in [1.29, 1.82) is 0 Å². The highest BCUT2D eigenvalue weighted by atomic mass is 16.3. The van der Waals surface area contributed by atoms with Crippen LogP contribution < -0.4 is 21.3 Å². The maximum atomic E-state index is 15.2. The lowest BCUT2D eigenvalue weighted by Crippen LogP contribution is -2.60. The van der Waals surface area contributed by atoms with Gasteiger partial charge in [0.05, 0.1) is 31.2 Å². The largest absolute Gasteiger partial charge is 0.391 e. The molecule has 0 aromatic heterocycles. The van der Waals surface area contributed by atoms with Crippen molar-refractivity contribution in [3.8, 4) is 0 Å². The maximum Gasteiger partial charge on any atom is 0.248 e. The zero-order valence-corrected chi connectivity index (χ0v) is 55.9. The van der Waals surface area contributed by atoms with Gasteiger partial charge in [0.25, 0.3) is 0 Å². The van der Waals surface area contributed by atoms with Gasteiger partial charge < -0.3 is 55.8 Å². The van der Waals surface area contributed by atoms with Crippen molar-refractivity contribution >= 4 is 70.6 Å². The molecule has 2 heterocycles. The Labute approximate surface area is 542 Å². The van der Waals surface area contributed by atoms with Crippen LogP contribution in [0.15, 0.2) is 91.0 Å². The molecule has 10 amide bonds. The second-order valence-corrected chi connectivity index (χ2v) is 25.7. The SMILES string of the molecule is CC(C)C[C@H]1C(=O)NCC(=O)N[C@H](C(=O)N(C)[C@@H](Cc2ccccc2)C(=O)C[C@@H](C)C(=O)N2CCCCC2)CC(=O)N[C@H](C)C(=O)N[C@@H]([C@@H](C)O)C(=O)N(C)[C@@H](C)C(=O)N(C)[C@@H](Cc2ccccc2)C(=O)C[C@@H](C(C)C)C(=O)N(C)[C@@H](Cc2ccccc2)C(=O)N1C. The van der Waals surface area contributed by atoms with Gasteiger partial charge in [-0.05, 0) is 87.8 Å². The van der Waals surface area contributed by atoms with Gasteiger partial charge in [0.2, 0.25) is 59.1 Å². The van der Waals surface area contributed by atoms with Crippen LogP contribution in [0.2, 0.25) is 0 Å². The van der Waals surface area contributed by atoms with E-state index in [1.54, 1.807) is 117 Å². The number of Topliss-reactive ketones (excluding diaryl/α,β-unsaturated/α-hetero) is 2. The second-order valence-electron chi connectivity index (χ2n) is 25.7. The van der Waals surface area contributed by atoms with Gasteiger partial charge in [0, 0.05) is 79.4 Å². The minimum absolute atomic E-state index is 0.00912. The van der Waals surface area contributed by atoms with Crippen molar-refractivity contribution in [1.82, 2.24) is 50.7 Å². The van der Waals surface area contributed by atoms with E-state index >= 15 is 14.4 Å². The van der Waals surface area contributed by atoms with Gasteiger partial charge in [-0.25, -0.2) is 0 Å². The van der Waals surface area contributed by atoms with E-state index < -0.39 is 150 Å². The fourth-order valence-electron chi connectivity index (χ4n) is 11.8. The first-order valence-corrected chi connectivity index (χ1v) is 32.1. The fourth-order valence-corrected chi connectivity index (χ4v) is 11.8. The van der Waals surface area contributed by atoms with Crippen molar-refractivity contribution in [3.63, 3.8) is 0 Å². The molecule has 2 aliphatic rings. The summed E-state index contributed by atoms with van der Waals surface area (Å²) in [6.07, 6.45) is -0.279. The van der Waals surface area contributed by atoms with Crippen LogP contribution in [0.5, 0.6) is 0 Å². The highest BCUT2D eigenvalue weighted by molar-refractivity contribution is 6.00. The molecule has 5 N–H and O–H groups in total. The van der Waals surface area contributed by atoms with E-state index in [0.29, 0.717) is 29.8 Å². The summed E-state index contributed by atoms with van der Waals surface area (Å²) in [5.74, 6) is -11.0. The molecule has 23 heteroatoms. The molecule has 2 saturated heterocycles. The van der Waals surface area contributed by atoms with E-state index in [9.17, 15) is 48.3 Å². The summed E-state index contributed by atoms with van der Waals surface area (Å²) >= 11 is 0. The number of carbonyl (C=O) groups is 12. The third-order valence-corrected chi connectivity index (χ3v) is 17.8. The Morgan fingerprint density at radius 3 is 1.64 bits per heavy atom. The Morgan fingerprint density at radius 2 is 1.11 bits per heavy atom. The van der Waals surface area contributed by atoms with Crippen molar-refractivity contribution in [3.05, 3.63) is 108 Å². The van der Waals surface area contributed by atoms with Crippen LogP contribution in [-0.2, 0) is 76.8 Å². The Hall–Kier alpha value is -8.34. The van der Waals surface area contributed by atoms with Crippen LogP contribution in [0.3, 0.4) is 0 Å². The van der Waals surface area contributed by atoms with Gasteiger partial charge in [-0.1, -0.05) is 126 Å². The van der Waals surface area contributed by atoms with Gasteiger partial charge in [-0.3, -0.25) is 57.5 Å². The van der Waals surface area contributed by atoms with Crippen LogP contribution in [0.25, 0.3) is 0 Å². The average molecular weight is 1280 g/mol. The monoisotopic (exact) mass is 1270 g/mol. The van der Waals surface area contributed by atoms with E-state index in [1.807, 2.05) is 13.8 Å². The molecule has 5 rings (SSSR count). The first kappa shape index (κ1) is 74.4. The third-order valence-electron chi connectivity index (χ3n) is 17.8. The third kappa shape index (κ3) is 20.6. The molecule has 0 bridgehead atoms. The second kappa shape index (κ2) is 34.9. The Morgan fingerprint density at radius 1 is 0.587 bits per heavy atom. The predicted molar refractivity (Wildman–Crippen MR) is 346 cm³/mol. The molecular weight excluding hydrogens is 1180 g/mol. The summed E-state index contributed by atoms with van der Waals surface area (Å²) in [7, 11) is 6.93. The number of nitrogens with zero attached hydrogens (tertiary/aromatic N) is 6. The molecule has 502 valence electrons. The molecule has 2 fully saturated rings. The summed E-state index contributed by atoms with van der Waals surface area (Å²) in [6, 6.07) is 15.6. The molecule has 0 spiro atoms. The normalized spacial score (nSPS) is 24.0. The van der Waals surface area contributed by atoms with Gasteiger partial charge in [0.1, 0.15) is 36.3 Å². The van der Waals surface area contributed by atoms with Crippen molar-refractivity contribution in [2.24, 2.45) is 23.7 Å². The maximum absolute atomic E-state index is 15.2.